The lowest BCUT2D eigenvalue weighted by Gasteiger charge is -2.30. The van der Waals surface area contributed by atoms with E-state index < -0.39 is 5.79 Å². The molecule has 1 heterocycles. The summed E-state index contributed by atoms with van der Waals surface area (Å²) >= 11 is 0. The average molecular weight is 266 g/mol. The largest absolute Gasteiger partial charge is 0.369 e. The van der Waals surface area contributed by atoms with E-state index in [4.69, 9.17) is 15.3 Å². The summed E-state index contributed by atoms with van der Waals surface area (Å²) in [5.74, 6) is -1.44. The summed E-state index contributed by atoms with van der Waals surface area (Å²) in [5.41, 5.74) is 3.10. The van der Waals surface area contributed by atoms with Gasteiger partial charge in [-0.3, -0.25) is 0 Å². The van der Waals surface area contributed by atoms with Crippen LogP contribution in [0.4, 0.5) is 0 Å². The summed E-state index contributed by atoms with van der Waals surface area (Å²) < 4.78 is 5.73. The fourth-order valence-corrected chi connectivity index (χ4v) is 2.18. The first-order valence-electron chi connectivity index (χ1n) is 6.13. The van der Waals surface area contributed by atoms with Gasteiger partial charge >= 0.3 is 0 Å². The fraction of sp³-hybridized carbons (Fsp3) is 0.429. The maximum absolute atomic E-state index is 8.69. The van der Waals surface area contributed by atoms with Crippen molar-refractivity contribution in [3.8, 4) is 0 Å². The first-order chi connectivity index (χ1) is 9.09. The van der Waals surface area contributed by atoms with E-state index in [2.05, 4.69) is 16.4 Å². The molecule has 1 aliphatic rings. The van der Waals surface area contributed by atoms with Gasteiger partial charge in [-0.1, -0.05) is 30.8 Å². The van der Waals surface area contributed by atoms with E-state index >= 15 is 0 Å². The summed E-state index contributed by atoms with van der Waals surface area (Å²) in [5, 5.41) is 17.4. The average Bonchev–Trinajstić information content (AvgIpc) is 2.46. The van der Waals surface area contributed by atoms with Crippen LogP contribution >= 0.6 is 0 Å². The molecule has 5 nitrogen and oxygen atoms in total. The third-order valence-corrected chi connectivity index (χ3v) is 3.44. The summed E-state index contributed by atoms with van der Waals surface area (Å²) in [6, 6.07) is 7.95. The van der Waals surface area contributed by atoms with Crippen LogP contribution in [-0.2, 0) is 21.1 Å². The molecule has 104 valence electrons. The molecule has 1 aromatic carbocycles. The highest BCUT2D eigenvalue weighted by molar-refractivity contribution is 5.70. The molecule has 0 aromatic heterocycles. The summed E-state index contributed by atoms with van der Waals surface area (Å²) in [6.45, 7) is 6.02. The van der Waals surface area contributed by atoms with Crippen LogP contribution in [0.3, 0.4) is 0 Å². The Morgan fingerprint density at radius 3 is 2.74 bits per heavy atom. The van der Waals surface area contributed by atoms with E-state index in [1.807, 2.05) is 24.3 Å². The minimum atomic E-state index is -1.44. The zero-order chi connectivity index (χ0) is 13.9. The van der Waals surface area contributed by atoms with Crippen molar-refractivity contribution in [2.45, 2.75) is 38.3 Å². The van der Waals surface area contributed by atoms with E-state index in [0.29, 0.717) is 13.0 Å². The topological polar surface area (TPSA) is 68.2 Å². The Labute approximate surface area is 111 Å². The Morgan fingerprint density at radius 1 is 1.37 bits per heavy atom. The number of ether oxygens (including phenoxy) is 1. The number of benzene rings is 1. The van der Waals surface area contributed by atoms with Gasteiger partial charge in [0.25, 0.3) is 0 Å². The van der Waals surface area contributed by atoms with Crippen molar-refractivity contribution in [2.75, 3.05) is 0 Å². The highest BCUT2D eigenvalue weighted by Crippen LogP contribution is 2.32. The van der Waals surface area contributed by atoms with Crippen molar-refractivity contribution in [3.63, 3.8) is 0 Å². The maximum atomic E-state index is 8.69. The number of hydrogen-bond donors (Lipinski definition) is 2. The molecule has 0 amide bonds. The quantitative estimate of drug-likeness (QED) is 0.487. The molecule has 1 atom stereocenters. The van der Waals surface area contributed by atoms with E-state index in [9.17, 15) is 0 Å². The van der Waals surface area contributed by atoms with Gasteiger partial charge in [0.15, 0.2) is 0 Å². The van der Waals surface area contributed by atoms with E-state index in [1.54, 1.807) is 0 Å². The fourth-order valence-electron chi connectivity index (χ4n) is 2.18. The van der Waals surface area contributed by atoms with Gasteiger partial charge in [-0.15, -0.1) is 0 Å². The smallest absolute Gasteiger partial charge is 0.230 e. The van der Waals surface area contributed by atoms with Crippen molar-refractivity contribution in [1.29, 1.82) is 0 Å². The molecule has 0 saturated carbocycles. The van der Waals surface area contributed by atoms with Gasteiger partial charge in [0.2, 0.25) is 5.79 Å². The number of fused-ring (bicyclic) bond motifs is 1. The highest BCUT2D eigenvalue weighted by Gasteiger charge is 2.31. The van der Waals surface area contributed by atoms with Gasteiger partial charge in [0.1, 0.15) is 0 Å². The molecule has 0 saturated heterocycles. The molecule has 0 fully saturated rings. The normalized spacial score (nSPS) is 19.3. The van der Waals surface area contributed by atoms with Crippen LogP contribution in [0.2, 0.25) is 0 Å². The Morgan fingerprint density at radius 2 is 2.05 bits per heavy atom. The lowest BCUT2D eigenvalue weighted by atomic mass is 9.91. The first kappa shape index (κ1) is 14.2. The van der Waals surface area contributed by atoms with Gasteiger partial charge in [0.05, 0.1) is 12.7 Å². The van der Waals surface area contributed by atoms with Crippen molar-refractivity contribution in [2.24, 2.45) is 0 Å². The SMILES string of the molecule is C=C1c2ccccc2COC1CCC(C)(OO)OO. The predicted molar refractivity (Wildman–Crippen MR) is 69.1 cm³/mol. The molecule has 2 N–H and O–H groups in total. The van der Waals surface area contributed by atoms with Gasteiger partial charge in [-0.05, 0) is 30.0 Å². The number of rotatable bonds is 5. The highest BCUT2D eigenvalue weighted by atomic mass is 17.2. The van der Waals surface area contributed by atoms with Gasteiger partial charge in [-0.2, -0.15) is 0 Å². The van der Waals surface area contributed by atoms with Crippen molar-refractivity contribution < 1.29 is 25.0 Å². The van der Waals surface area contributed by atoms with Gasteiger partial charge in [-0.25, -0.2) is 20.3 Å². The van der Waals surface area contributed by atoms with Crippen molar-refractivity contribution >= 4 is 5.57 Å². The molecule has 2 rings (SSSR count). The second-order valence-corrected chi connectivity index (χ2v) is 4.84. The van der Waals surface area contributed by atoms with Crippen LogP contribution in [0, 0.1) is 0 Å². The summed E-state index contributed by atoms with van der Waals surface area (Å²) in [7, 11) is 0. The third-order valence-electron chi connectivity index (χ3n) is 3.44. The molecule has 0 radical (unpaired) electrons. The molecule has 0 bridgehead atoms. The van der Waals surface area contributed by atoms with Gasteiger partial charge < -0.3 is 4.74 Å². The first-order valence-corrected chi connectivity index (χ1v) is 6.13. The van der Waals surface area contributed by atoms with E-state index in [1.165, 1.54) is 6.92 Å². The zero-order valence-corrected chi connectivity index (χ0v) is 10.8. The van der Waals surface area contributed by atoms with Crippen LogP contribution in [0.25, 0.3) is 5.57 Å². The number of hydrogen-bond acceptors (Lipinski definition) is 5. The maximum Gasteiger partial charge on any atom is 0.230 e. The molecular formula is C14H18O5. The molecule has 19 heavy (non-hydrogen) atoms. The van der Waals surface area contributed by atoms with Crippen LogP contribution < -0.4 is 0 Å². The molecule has 0 spiro atoms. The Hall–Kier alpha value is -1.24. The molecular weight excluding hydrogens is 248 g/mol. The van der Waals surface area contributed by atoms with Crippen LogP contribution in [-0.4, -0.2) is 22.4 Å². The summed E-state index contributed by atoms with van der Waals surface area (Å²) in [4.78, 5) is 8.25. The lowest BCUT2D eigenvalue weighted by molar-refractivity contribution is -0.482. The third kappa shape index (κ3) is 3.02. The molecule has 1 aromatic rings. The Kier molecular flexibility index (Phi) is 4.34. The van der Waals surface area contributed by atoms with E-state index in [0.717, 1.165) is 16.7 Å². The molecule has 5 heteroatoms. The minimum absolute atomic E-state index is 0.181. The standard InChI is InChI=1S/C14H18O5/c1-10-12-6-4-3-5-11(12)9-17-13(10)7-8-14(2,18-15)19-16/h3-6,13,15-16H,1,7-9H2,2H3. The minimum Gasteiger partial charge on any atom is -0.369 e. The lowest BCUT2D eigenvalue weighted by Crippen LogP contribution is -2.32. The van der Waals surface area contributed by atoms with E-state index in [-0.39, 0.29) is 12.5 Å². The van der Waals surface area contributed by atoms with Crippen molar-refractivity contribution in [1.82, 2.24) is 0 Å². The second-order valence-electron chi connectivity index (χ2n) is 4.84. The predicted octanol–water partition coefficient (Wildman–Crippen LogP) is 3.07. The Bertz CT molecular complexity index is 453. The Balaban J connectivity index is 2.03. The molecule has 1 unspecified atom stereocenters. The van der Waals surface area contributed by atoms with Crippen LogP contribution in [0.15, 0.2) is 30.8 Å². The van der Waals surface area contributed by atoms with Crippen molar-refractivity contribution in [3.05, 3.63) is 42.0 Å². The van der Waals surface area contributed by atoms with Gasteiger partial charge in [0, 0.05) is 6.42 Å². The van der Waals surface area contributed by atoms with Crippen LogP contribution in [0.1, 0.15) is 30.9 Å². The summed E-state index contributed by atoms with van der Waals surface area (Å²) in [6.07, 6.45) is 0.607. The molecule has 1 aliphatic heterocycles. The van der Waals surface area contributed by atoms with Crippen LogP contribution in [0.5, 0.6) is 0 Å². The molecule has 0 aliphatic carbocycles. The second kappa shape index (κ2) is 5.81. The zero-order valence-electron chi connectivity index (χ0n) is 10.8. The monoisotopic (exact) mass is 266 g/mol.